The summed E-state index contributed by atoms with van der Waals surface area (Å²) >= 11 is 3.31. The number of aliphatic hydroxyl groups excluding tert-OH is 1. The topological polar surface area (TPSA) is 66.4 Å². The lowest BCUT2D eigenvalue weighted by molar-refractivity contribution is 0.281. The average molecular weight is 350 g/mol. The van der Waals surface area contributed by atoms with E-state index in [1.807, 2.05) is 13.8 Å². The molecule has 0 heterocycles. The molecule has 108 valence electrons. The molecule has 0 aliphatic rings. The Balaban J connectivity index is 3.24. The molecule has 4 nitrogen and oxygen atoms in total. The Morgan fingerprint density at radius 3 is 2.37 bits per heavy atom. The van der Waals surface area contributed by atoms with E-state index in [0.29, 0.717) is 10.0 Å². The molecule has 0 amide bonds. The Kier molecular flexibility index (Phi) is 5.98. The van der Waals surface area contributed by atoms with Crippen LogP contribution in [0.4, 0.5) is 0 Å². The standard InChI is InChI=1S/C13H20BrNO3S/c1-4-11(5-2)15-19(17,18)12-7-10(8-16)6-9(3)13(12)14/h6-7,11,15-16H,4-5,8H2,1-3H3. The molecule has 6 heteroatoms. The van der Waals surface area contributed by atoms with Crippen molar-refractivity contribution in [3.8, 4) is 0 Å². The van der Waals surface area contributed by atoms with Crippen molar-refractivity contribution in [1.82, 2.24) is 4.72 Å². The van der Waals surface area contributed by atoms with Gasteiger partial charge in [-0.15, -0.1) is 0 Å². The summed E-state index contributed by atoms with van der Waals surface area (Å²) in [6.45, 7) is 5.52. The molecule has 1 aromatic rings. The predicted molar refractivity (Wildman–Crippen MR) is 79.5 cm³/mol. The van der Waals surface area contributed by atoms with E-state index in [1.165, 1.54) is 6.07 Å². The lowest BCUT2D eigenvalue weighted by Gasteiger charge is -2.17. The van der Waals surface area contributed by atoms with Crippen LogP contribution in [0.1, 0.15) is 37.8 Å². The van der Waals surface area contributed by atoms with Crippen LogP contribution in [-0.4, -0.2) is 19.6 Å². The van der Waals surface area contributed by atoms with E-state index in [4.69, 9.17) is 0 Å². The van der Waals surface area contributed by atoms with Crippen molar-refractivity contribution in [3.05, 3.63) is 27.7 Å². The average Bonchev–Trinajstić information content (AvgIpc) is 2.38. The van der Waals surface area contributed by atoms with Gasteiger partial charge in [0.15, 0.2) is 0 Å². The summed E-state index contributed by atoms with van der Waals surface area (Å²) in [5, 5.41) is 9.19. The van der Waals surface area contributed by atoms with Gasteiger partial charge in [-0.2, -0.15) is 0 Å². The van der Waals surface area contributed by atoms with Crippen LogP contribution in [0.25, 0.3) is 0 Å². The first kappa shape index (κ1) is 16.6. The molecule has 0 unspecified atom stereocenters. The molecule has 1 aromatic carbocycles. The molecule has 0 aliphatic heterocycles. The molecule has 0 spiro atoms. The first-order valence-corrected chi connectivity index (χ1v) is 8.55. The zero-order chi connectivity index (χ0) is 14.6. The first-order chi connectivity index (χ1) is 8.85. The van der Waals surface area contributed by atoms with Crippen LogP contribution >= 0.6 is 15.9 Å². The number of benzene rings is 1. The Morgan fingerprint density at radius 2 is 1.89 bits per heavy atom. The van der Waals surface area contributed by atoms with Crippen molar-refractivity contribution in [2.24, 2.45) is 0 Å². The second-order valence-electron chi connectivity index (χ2n) is 4.52. The molecule has 0 fully saturated rings. The van der Waals surface area contributed by atoms with Gasteiger partial charge in [0, 0.05) is 10.5 Å². The molecule has 0 atom stereocenters. The molecule has 0 aliphatic carbocycles. The highest BCUT2D eigenvalue weighted by atomic mass is 79.9. The van der Waals surface area contributed by atoms with Crippen molar-refractivity contribution in [1.29, 1.82) is 0 Å². The van der Waals surface area contributed by atoms with E-state index < -0.39 is 10.0 Å². The van der Waals surface area contributed by atoms with Crippen LogP contribution in [0.3, 0.4) is 0 Å². The second-order valence-corrected chi connectivity index (χ2v) is 6.99. The Labute approximate surface area is 123 Å². The number of aryl methyl sites for hydroxylation is 1. The van der Waals surface area contributed by atoms with Gasteiger partial charge in [0.05, 0.1) is 11.5 Å². The number of hydrogen-bond acceptors (Lipinski definition) is 3. The van der Waals surface area contributed by atoms with Crippen molar-refractivity contribution < 1.29 is 13.5 Å². The summed E-state index contributed by atoms with van der Waals surface area (Å²) in [4.78, 5) is 0.184. The molecule has 0 saturated carbocycles. The number of halogens is 1. The first-order valence-electron chi connectivity index (χ1n) is 6.27. The molecular formula is C13H20BrNO3S. The minimum absolute atomic E-state index is 0.0741. The van der Waals surface area contributed by atoms with Gasteiger partial charge in [-0.05, 0) is 52.9 Å². The van der Waals surface area contributed by atoms with Crippen LogP contribution in [0.2, 0.25) is 0 Å². The van der Waals surface area contributed by atoms with Crippen molar-refractivity contribution in [2.75, 3.05) is 0 Å². The fourth-order valence-electron chi connectivity index (χ4n) is 1.83. The molecule has 1 rings (SSSR count). The minimum Gasteiger partial charge on any atom is -0.392 e. The SMILES string of the molecule is CCC(CC)NS(=O)(=O)c1cc(CO)cc(C)c1Br. The third kappa shape index (κ3) is 4.02. The van der Waals surface area contributed by atoms with Gasteiger partial charge in [0.1, 0.15) is 0 Å². The number of hydrogen-bond donors (Lipinski definition) is 2. The number of rotatable bonds is 6. The van der Waals surface area contributed by atoms with Gasteiger partial charge >= 0.3 is 0 Å². The lowest BCUT2D eigenvalue weighted by atomic mass is 10.1. The summed E-state index contributed by atoms with van der Waals surface area (Å²) in [6.07, 6.45) is 1.48. The summed E-state index contributed by atoms with van der Waals surface area (Å²) in [5.41, 5.74) is 1.38. The third-order valence-electron chi connectivity index (χ3n) is 3.06. The fourth-order valence-corrected chi connectivity index (χ4v) is 4.31. The van der Waals surface area contributed by atoms with E-state index in [1.54, 1.807) is 13.0 Å². The molecule has 0 radical (unpaired) electrons. The van der Waals surface area contributed by atoms with Crippen LogP contribution in [-0.2, 0) is 16.6 Å². The quantitative estimate of drug-likeness (QED) is 0.829. The van der Waals surface area contributed by atoms with E-state index in [9.17, 15) is 13.5 Å². The lowest BCUT2D eigenvalue weighted by Crippen LogP contribution is -2.34. The van der Waals surface area contributed by atoms with E-state index in [2.05, 4.69) is 20.7 Å². The normalized spacial score (nSPS) is 12.1. The van der Waals surface area contributed by atoms with E-state index >= 15 is 0 Å². The maximum Gasteiger partial charge on any atom is 0.241 e. The maximum absolute atomic E-state index is 12.4. The largest absolute Gasteiger partial charge is 0.392 e. The zero-order valence-electron chi connectivity index (χ0n) is 11.4. The van der Waals surface area contributed by atoms with Crippen LogP contribution in [0.15, 0.2) is 21.5 Å². The fraction of sp³-hybridized carbons (Fsp3) is 0.538. The second kappa shape index (κ2) is 6.83. The van der Waals surface area contributed by atoms with Gasteiger partial charge in [0.25, 0.3) is 0 Å². The van der Waals surface area contributed by atoms with Crippen molar-refractivity contribution in [3.63, 3.8) is 0 Å². The van der Waals surface area contributed by atoms with Gasteiger partial charge in [0.2, 0.25) is 10.0 Å². The van der Waals surface area contributed by atoms with Crippen molar-refractivity contribution in [2.45, 2.75) is 51.2 Å². The summed E-state index contributed by atoms with van der Waals surface area (Å²) in [6, 6.07) is 3.19. The van der Waals surface area contributed by atoms with Crippen LogP contribution in [0, 0.1) is 6.92 Å². The van der Waals surface area contributed by atoms with E-state index in [-0.39, 0.29) is 17.5 Å². The highest BCUT2D eigenvalue weighted by molar-refractivity contribution is 9.10. The Bertz CT molecular complexity index is 539. The van der Waals surface area contributed by atoms with Gasteiger partial charge in [-0.25, -0.2) is 13.1 Å². The molecule has 0 bridgehead atoms. The molecule has 2 N–H and O–H groups in total. The monoisotopic (exact) mass is 349 g/mol. The molecule has 19 heavy (non-hydrogen) atoms. The summed E-state index contributed by atoms with van der Waals surface area (Å²) in [7, 11) is -3.58. The minimum atomic E-state index is -3.58. The predicted octanol–water partition coefficient (Wildman–Crippen LogP) is 2.72. The Morgan fingerprint density at radius 1 is 1.32 bits per heavy atom. The highest BCUT2D eigenvalue weighted by Crippen LogP contribution is 2.27. The molecule has 0 aromatic heterocycles. The number of aliphatic hydroxyl groups is 1. The number of nitrogens with one attached hydrogen (secondary N) is 1. The van der Waals surface area contributed by atoms with Crippen molar-refractivity contribution >= 4 is 26.0 Å². The van der Waals surface area contributed by atoms with Gasteiger partial charge in [-0.1, -0.05) is 19.9 Å². The number of sulfonamides is 1. The maximum atomic E-state index is 12.4. The smallest absolute Gasteiger partial charge is 0.241 e. The summed E-state index contributed by atoms with van der Waals surface area (Å²) in [5.74, 6) is 0. The van der Waals surface area contributed by atoms with E-state index in [0.717, 1.165) is 18.4 Å². The molecular weight excluding hydrogens is 330 g/mol. The van der Waals surface area contributed by atoms with Crippen LogP contribution in [0.5, 0.6) is 0 Å². The molecule has 0 saturated heterocycles. The Hall–Kier alpha value is -0.430. The van der Waals surface area contributed by atoms with Gasteiger partial charge < -0.3 is 5.11 Å². The highest BCUT2D eigenvalue weighted by Gasteiger charge is 2.22. The zero-order valence-corrected chi connectivity index (χ0v) is 13.8. The third-order valence-corrected chi connectivity index (χ3v) is 5.92. The van der Waals surface area contributed by atoms with Crippen LogP contribution < -0.4 is 4.72 Å². The van der Waals surface area contributed by atoms with Gasteiger partial charge in [-0.3, -0.25) is 0 Å². The summed E-state index contributed by atoms with van der Waals surface area (Å²) < 4.78 is 28.0.